The van der Waals surface area contributed by atoms with E-state index in [1.807, 2.05) is 19.9 Å². The Morgan fingerprint density at radius 1 is 0.870 bits per heavy atom. The van der Waals surface area contributed by atoms with E-state index in [2.05, 4.69) is 0 Å². The zero-order chi connectivity index (χ0) is 16.7. The Hall–Kier alpha value is -2.69. The van der Waals surface area contributed by atoms with Crippen molar-refractivity contribution < 1.29 is 23.7 Å². The minimum atomic E-state index is -0.487. The van der Waals surface area contributed by atoms with Crippen molar-refractivity contribution in [2.45, 2.75) is 13.8 Å². The lowest BCUT2D eigenvalue weighted by atomic mass is 10.2. The SMILES string of the molecule is CCOc1ccc(C(=O)Oc2ccccc2OCC)cc1OC. The highest BCUT2D eigenvalue weighted by molar-refractivity contribution is 5.92. The van der Waals surface area contributed by atoms with Gasteiger partial charge < -0.3 is 18.9 Å². The number of para-hydroxylation sites is 2. The van der Waals surface area contributed by atoms with E-state index in [4.69, 9.17) is 18.9 Å². The molecule has 0 aromatic heterocycles. The highest BCUT2D eigenvalue weighted by atomic mass is 16.6. The van der Waals surface area contributed by atoms with Crippen LogP contribution in [0.25, 0.3) is 0 Å². The molecule has 0 amide bonds. The maximum atomic E-state index is 12.3. The van der Waals surface area contributed by atoms with Gasteiger partial charge in [-0.05, 0) is 44.2 Å². The van der Waals surface area contributed by atoms with Gasteiger partial charge in [-0.1, -0.05) is 12.1 Å². The third-order valence-electron chi connectivity index (χ3n) is 3.05. The summed E-state index contributed by atoms with van der Waals surface area (Å²) in [6.07, 6.45) is 0. The molecule has 0 N–H and O–H groups in total. The van der Waals surface area contributed by atoms with Crippen molar-refractivity contribution in [3.05, 3.63) is 48.0 Å². The maximum Gasteiger partial charge on any atom is 0.343 e. The second-order valence-electron chi connectivity index (χ2n) is 4.57. The van der Waals surface area contributed by atoms with Crippen LogP contribution in [-0.2, 0) is 0 Å². The summed E-state index contributed by atoms with van der Waals surface area (Å²) >= 11 is 0. The average molecular weight is 316 g/mol. The van der Waals surface area contributed by atoms with Crippen molar-refractivity contribution in [2.75, 3.05) is 20.3 Å². The average Bonchev–Trinajstić information content (AvgIpc) is 2.57. The first-order valence-electron chi connectivity index (χ1n) is 7.44. The molecule has 0 spiro atoms. The van der Waals surface area contributed by atoms with Gasteiger partial charge in [-0.2, -0.15) is 0 Å². The zero-order valence-corrected chi connectivity index (χ0v) is 13.5. The van der Waals surface area contributed by atoms with Gasteiger partial charge in [-0.25, -0.2) is 4.79 Å². The summed E-state index contributed by atoms with van der Waals surface area (Å²) < 4.78 is 21.5. The van der Waals surface area contributed by atoms with Crippen molar-refractivity contribution in [2.24, 2.45) is 0 Å². The lowest BCUT2D eigenvalue weighted by Crippen LogP contribution is -2.10. The molecule has 0 atom stereocenters. The number of rotatable bonds is 7. The third-order valence-corrected chi connectivity index (χ3v) is 3.05. The fraction of sp³-hybridized carbons (Fsp3) is 0.278. The molecule has 23 heavy (non-hydrogen) atoms. The highest BCUT2D eigenvalue weighted by Crippen LogP contribution is 2.30. The summed E-state index contributed by atoms with van der Waals surface area (Å²) in [4.78, 5) is 12.3. The van der Waals surface area contributed by atoms with Crippen molar-refractivity contribution in [3.63, 3.8) is 0 Å². The number of hydrogen-bond acceptors (Lipinski definition) is 5. The van der Waals surface area contributed by atoms with Crippen LogP contribution >= 0.6 is 0 Å². The van der Waals surface area contributed by atoms with Crippen molar-refractivity contribution in [1.82, 2.24) is 0 Å². The molecular formula is C18H20O5. The first kappa shape index (κ1) is 16.7. The smallest absolute Gasteiger partial charge is 0.343 e. The predicted molar refractivity (Wildman–Crippen MR) is 86.7 cm³/mol. The second-order valence-corrected chi connectivity index (χ2v) is 4.57. The van der Waals surface area contributed by atoms with Crippen molar-refractivity contribution in [1.29, 1.82) is 0 Å². The molecule has 122 valence electrons. The molecule has 0 saturated carbocycles. The Labute approximate surface area is 135 Å². The molecule has 0 aliphatic carbocycles. The molecule has 2 aromatic carbocycles. The molecule has 0 fully saturated rings. The van der Waals surface area contributed by atoms with E-state index >= 15 is 0 Å². The zero-order valence-electron chi connectivity index (χ0n) is 13.5. The number of ether oxygens (including phenoxy) is 4. The fourth-order valence-corrected chi connectivity index (χ4v) is 2.04. The van der Waals surface area contributed by atoms with E-state index in [1.54, 1.807) is 36.4 Å². The number of methoxy groups -OCH3 is 1. The lowest BCUT2D eigenvalue weighted by Gasteiger charge is -2.12. The molecule has 0 bridgehead atoms. The van der Waals surface area contributed by atoms with Crippen LogP contribution < -0.4 is 18.9 Å². The van der Waals surface area contributed by atoms with Gasteiger partial charge in [0.2, 0.25) is 0 Å². The number of esters is 1. The summed E-state index contributed by atoms with van der Waals surface area (Å²) in [6, 6.07) is 12.0. The Kier molecular flexibility index (Phi) is 5.86. The van der Waals surface area contributed by atoms with Crippen LogP contribution in [0.2, 0.25) is 0 Å². The van der Waals surface area contributed by atoms with Gasteiger partial charge in [0.15, 0.2) is 23.0 Å². The predicted octanol–water partition coefficient (Wildman–Crippen LogP) is 3.71. The van der Waals surface area contributed by atoms with E-state index < -0.39 is 5.97 Å². The summed E-state index contributed by atoms with van der Waals surface area (Å²) in [5.41, 5.74) is 0.372. The van der Waals surface area contributed by atoms with E-state index in [0.717, 1.165) is 0 Å². The van der Waals surface area contributed by atoms with E-state index in [1.165, 1.54) is 7.11 Å². The van der Waals surface area contributed by atoms with Crippen LogP contribution in [0.5, 0.6) is 23.0 Å². The van der Waals surface area contributed by atoms with Crippen LogP contribution in [0.3, 0.4) is 0 Å². The largest absolute Gasteiger partial charge is 0.493 e. The lowest BCUT2D eigenvalue weighted by molar-refractivity contribution is 0.0728. The standard InChI is InChI=1S/C18H20O5/c1-4-21-14-8-6-7-9-16(14)23-18(19)13-10-11-15(22-5-2)17(12-13)20-3/h6-12H,4-5H2,1-3H3. The monoisotopic (exact) mass is 316 g/mol. The normalized spacial score (nSPS) is 10.0. The van der Waals surface area contributed by atoms with Gasteiger partial charge >= 0.3 is 5.97 Å². The van der Waals surface area contributed by atoms with Gasteiger partial charge in [0.1, 0.15) is 0 Å². The Morgan fingerprint density at radius 2 is 1.48 bits per heavy atom. The number of carbonyl (C=O) groups is 1. The van der Waals surface area contributed by atoms with Crippen LogP contribution in [0, 0.1) is 0 Å². The van der Waals surface area contributed by atoms with Gasteiger partial charge in [-0.15, -0.1) is 0 Å². The summed E-state index contributed by atoms with van der Waals surface area (Å²) in [5.74, 6) is 1.49. The summed E-state index contributed by atoms with van der Waals surface area (Å²) in [7, 11) is 1.53. The third kappa shape index (κ3) is 4.16. The van der Waals surface area contributed by atoms with Crippen LogP contribution in [0.4, 0.5) is 0 Å². The highest BCUT2D eigenvalue weighted by Gasteiger charge is 2.15. The van der Waals surface area contributed by atoms with Crippen LogP contribution in [-0.4, -0.2) is 26.3 Å². The first-order valence-corrected chi connectivity index (χ1v) is 7.44. The number of hydrogen-bond donors (Lipinski definition) is 0. The van der Waals surface area contributed by atoms with Gasteiger partial charge in [0, 0.05) is 0 Å². The molecule has 5 nitrogen and oxygen atoms in total. The minimum Gasteiger partial charge on any atom is -0.493 e. The molecule has 0 aliphatic rings. The number of carbonyl (C=O) groups excluding carboxylic acids is 1. The Morgan fingerprint density at radius 3 is 2.09 bits per heavy atom. The number of benzene rings is 2. The molecule has 0 saturated heterocycles. The van der Waals surface area contributed by atoms with Crippen molar-refractivity contribution in [3.8, 4) is 23.0 Å². The van der Waals surface area contributed by atoms with Gasteiger partial charge in [-0.3, -0.25) is 0 Å². The van der Waals surface area contributed by atoms with E-state index in [0.29, 0.717) is 41.8 Å². The molecule has 5 heteroatoms. The molecule has 0 aliphatic heterocycles. The van der Waals surface area contributed by atoms with Crippen molar-refractivity contribution >= 4 is 5.97 Å². The first-order chi connectivity index (χ1) is 11.2. The molecular weight excluding hydrogens is 296 g/mol. The fourth-order valence-electron chi connectivity index (χ4n) is 2.04. The van der Waals surface area contributed by atoms with Gasteiger partial charge in [0.05, 0.1) is 25.9 Å². The second kappa shape index (κ2) is 8.08. The quantitative estimate of drug-likeness (QED) is 0.576. The topological polar surface area (TPSA) is 54.0 Å². The summed E-state index contributed by atoms with van der Waals surface area (Å²) in [6.45, 7) is 4.76. The minimum absolute atomic E-state index is 0.372. The van der Waals surface area contributed by atoms with E-state index in [9.17, 15) is 4.79 Å². The van der Waals surface area contributed by atoms with Crippen LogP contribution in [0.15, 0.2) is 42.5 Å². The maximum absolute atomic E-state index is 12.3. The molecule has 2 aromatic rings. The van der Waals surface area contributed by atoms with E-state index in [-0.39, 0.29) is 0 Å². The summed E-state index contributed by atoms with van der Waals surface area (Å²) in [5, 5.41) is 0. The molecule has 0 heterocycles. The molecule has 0 radical (unpaired) electrons. The Bertz CT molecular complexity index is 666. The molecule has 0 unspecified atom stereocenters. The van der Waals surface area contributed by atoms with Crippen LogP contribution in [0.1, 0.15) is 24.2 Å². The van der Waals surface area contributed by atoms with Gasteiger partial charge in [0.25, 0.3) is 0 Å². The molecule has 2 rings (SSSR count). The Balaban J connectivity index is 2.21.